The zero-order chi connectivity index (χ0) is 10.4. The Morgan fingerprint density at radius 1 is 1.64 bits per heavy atom. The lowest BCUT2D eigenvalue weighted by molar-refractivity contribution is -0.149. The summed E-state index contributed by atoms with van der Waals surface area (Å²) in [5.74, 6) is -0.730. The summed E-state index contributed by atoms with van der Waals surface area (Å²) < 4.78 is 10.3. The van der Waals surface area contributed by atoms with E-state index >= 15 is 0 Å². The summed E-state index contributed by atoms with van der Waals surface area (Å²) in [5, 5.41) is 9.10. The van der Waals surface area contributed by atoms with Crippen LogP contribution >= 0.6 is 0 Å². The highest BCUT2D eigenvalue weighted by Gasteiger charge is 2.41. The molecule has 0 aromatic heterocycles. The van der Waals surface area contributed by atoms with Crippen LogP contribution in [-0.2, 0) is 14.3 Å². The largest absolute Gasteiger partial charge is 0.481 e. The molecule has 1 saturated heterocycles. The fourth-order valence-corrected chi connectivity index (χ4v) is 1.74. The van der Waals surface area contributed by atoms with E-state index in [0.717, 1.165) is 6.42 Å². The van der Waals surface area contributed by atoms with Crippen LogP contribution in [0.3, 0.4) is 0 Å². The Morgan fingerprint density at radius 3 is 2.93 bits per heavy atom. The second kappa shape index (κ2) is 5.32. The Bertz CT molecular complexity index is 185. The van der Waals surface area contributed by atoms with E-state index in [1.807, 2.05) is 6.92 Å². The number of rotatable bonds is 6. The number of hydrogen-bond donors (Lipinski definition) is 1. The predicted octanol–water partition coefficient (Wildman–Crippen LogP) is 1.29. The third kappa shape index (κ3) is 2.69. The van der Waals surface area contributed by atoms with Crippen molar-refractivity contribution in [1.29, 1.82) is 0 Å². The fourth-order valence-electron chi connectivity index (χ4n) is 1.74. The van der Waals surface area contributed by atoms with E-state index in [-0.39, 0.29) is 0 Å². The first-order chi connectivity index (χ1) is 6.71. The van der Waals surface area contributed by atoms with Crippen LogP contribution < -0.4 is 0 Å². The summed E-state index contributed by atoms with van der Waals surface area (Å²) in [6.07, 6.45) is 2.08. The van der Waals surface area contributed by atoms with Gasteiger partial charge in [0.1, 0.15) is 0 Å². The van der Waals surface area contributed by atoms with Crippen molar-refractivity contribution in [2.75, 3.05) is 26.4 Å². The highest BCUT2D eigenvalue weighted by Crippen LogP contribution is 2.33. The van der Waals surface area contributed by atoms with Crippen LogP contribution in [0, 0.1) is 5.41 Å². The molecule has 1 aliphatic rings. The van der Waals surface area contributed by atoms with Crippen molar-refractivity contribution in [3.8, 4) is 0 Å². The molecule has 0 spiro atoms. The van der Waals surface area contributed by atoms with Crippen LogP contribution in [0.25, 0.3) is 0 Å². The van der Waals surface area contributed by atoms with Crippen molar-refractivity contribution in [1.82, 2.24) is 0 Å². The van der Waals surface area contributed by atoms with Gasteiger partial charge in [-0.2, -0.15) is 0 Å². The van der Waals surface area contributed by atoms with Crippen LogP contribution in [-0.4, -0.2) is 37.5 Å². The zero-order valence-electron chi connectivity index (χ0n) is 8.62. The van der Waals surface area contributed by atoms with Crippen LogP contribution in [0.5, 0.6) is 0 Å². The van der Waals surface area contributed by atoms with E-state index in [2.05, 4.69) is 0 Å². The highest BCUT2D eigenvalue weighted by molar-refractivity contribution is 5.75. The smallest absolute Gasteiger partial charge is 0.312 e. The van der Waals surface area contributed by atoms with Gasteiger partial charge in [-0.05, 0) is 26.2 Å². The molecule has 0 amide bonds. The highest BCUT2D eigenvalue weighted by atomic mass is 16.5. The van der Waals surface area contributed by atoms with Crippen molar-refractivity contribution in [3.05, 3.63) is 0 Å². The van der Waals surface area contributed by atoms with E-state index in [1.54, 1.807) is 0 Å². The third-order valence-corrected chi connectivity index (χ3v) is 2.71. The van der Waals surface area contributed by atoms with Gasteiger partial charge in [0, 0.05) is 19.8 Å². The van der Waals surface area contributed by atoms with Crippen LogP contribution in [0.15, 0.2) is 0 Å². The van der Waals surface area contributed by atoms with Gasteiger partial charge in [0.05, 0.1) is 12.0 Å². The molecule has 4 heteroatoms. The Balaban J connectivity index is 2.33. The lowest BCUT2D eigenvalue weighted by atomic mass is 9.83. The van der Waals surface area contributed by atoms with Gasteiger partial charge in [0.15, 0.2) is 0 Å². The SMILES string of the molecule is CCOCCCC1(C(=O)O)CCOC1. The van der Waals surface area contributed by atoms with Crippen LogP contribution in [0.2, 0.25) is 0 Å². The molecule has 1 N–H and O–H groups in total. The number of carboxylic acids is 1. The molecule has 1 atom stereocenters. The fraction of sp³-hybridized carbons (Fsp3) is 0.900. The van der Waals surface area contributed by atoms with Crippen molar-refractivity contribution in [3.63, 3.8) is 0 Å². The molecular weight excluding hydrogens is 184 g/mol. The van der Waals surface area contributed by atoms with Gasteiger partial charge in [-0.3, -0.25) is 4.79 Å². The second-order valence-electron chi connectivity index (χ2n) is 3.69. The molecule has 0 radical (unpaired) electrons. The van der Waals surface area contributed by atoms with Gasteiger partial charge in [-0.1, -0.05) is 0 Å². The Kier molecular flexibility index (Phi) is 4.35. The topological polar surface area (TPSA) is 55.8 Å². The first-order valence-electron chi connectivity index (χ1n) is 5.10. The second-order valence-corrected chi connectivity index (χ2v) is 3.69. The van der Waals surface area contributed by atoms with E-state index in [4.69, 9.17) is 14.6 Å². The Labute approximate surface area is 84.2 Å². The maximum atomic E-state index is 11.1. The molecule has 0 aromatic rings. The molecular formula is C10H18O4. The van der Waals surface area contributed by atoms with E-state index in [9.17, 15) is 4.79 Å². The van der Waals surface area contributed by atoms with Gasteiger partial charge >= 0.3 is 5.97 Å². The Morgan fingerprint density at radius 2 is 2.43 bits per heavy atom. The minimum Gasteiger partial charge on any atom is -0.481 e. The van der Waals surface area contributed by atoms with Crippen molar-refractivity contribution in [2.24, 2.45) is 5.41 Å². The number of carbonyl (C=O) groups is 1. The van der Waals surface area contributed by atoms with Gasteiger partial charge in [-0.25, -0.2) is 0 Å². The van der Waals surface area contributed by atoms with Gasteiger partial charge < -0.3 is 14.6 Å². The van der Waals surface area contributed by atoms with E-state index in [0.29, 0.717) is 39.3 Å². The molecule has 0 aromatic carbocycles. The number of carboxylic acid groups (broad SMARTS) is 1. The molecule has 14 heavy (non-hydrogen) atoms. The molecule has 0 aliphatic carbocycles. The van der Waals surface area contributed by atoms with Gasteiger partial charge in [0.2, 0.25) is 0 Å². The monoisotopic (exact) mass is 202 g/mol. The summed E-state index contributed by atoms with van der Waals surface area (Å²) >= 11 is 0. The molecule has 4 nitrogen and oxygen atoms in total. The summed E-state index contributed by atoms with van der Waals surface area (Å²) in [6, 6.07) is 0. The average Bonchev–Trinajstić information content (AvgIpc) is 2.62. The predicted molar refractivity (Wildman–Crippen MR) is 51.2 cm³/mol. The number of ether oxygens (including phenoxy) is 2. The van der Waals surface area contributed by atoms with E-state index < -0.39 is 11.4 Å². The molecule has 1 rings (SSSR count). The maximum absolute atomic E-state index is 11.1. The van der Waals surface area contributed by atoms with Crippen molar-refractivity contribution < 1.29 is 19.4 Å². The van der Waals surface area contributed by atoms with E-state index in [1.165, 1.54) is 0 Å². The lowest BCUT2D eigenvalue weighted by Crippen LogP contribution is -2.31. The summed E-state index contributed by atoms with van der Waals surface area (Å²) in [6.45, 7) is 4.20. The maximum Gasteiger partial charge on any atom is 0.312 e. The minimum atomic E-state index is -0.730. The molecule has 0 saturated carbocycles. The normalized spacial score (nSPS) is 26.6. The summed E-state index contributed by atoms with van der Waals surface area (Å²) in [7, 11) is 0. The minimum absolute atomic E-state index is 0.356. The number of aliphatic carboxylic acids is 1. The van der Waals surface area contributed by atoms with Gasteiger partial charge in [0.25, 0.3) is 0 Å². The average molecular weight is 202 g/mol. The third-order valence-electron chi connectivity index (χ3n) is 2.71. The standard InChI is InChI=1S/C10H18O4/c1-2-13-6-3-4-10(9(11)12)5-7-14-8-10/h2-8H2,1H3,(H,11,12). The van der Waals surface area contributed by atoms with Crippen molar-refractivity contribution >= 4 is 5.97 Å². The first-order valence-corrected chi connectivity index (χ1v) is 5.10. The van der Waals surface area contributed by atoms with Crippen LogP contribution in [0.1, 0.15) is 26.2 Å². The molecule has 1 aliphatic heterocycles. The first kappa shape index (κ1) is 11.5. The molecule has 0 bridgehead atoms. The lowest BCUT2D eigenvalue weighted by Gasteiger charge is -2.21. The molecule has 1 unspecified atom stereocenters. The van der Waals surface area contributed by atoms with Gasteiger partial charge in [-0.15, -0.1) is 0 Å². The van der Waals surface area contributed by atoms with Crippen LogP contribution in [0.4, 0.5) is 0 Å². The molecule has 1 heterocycles. The zero-order valence-corrected chi connectivity index (χ0v) is 8.62. The number of hydrogen-bond acceptors (Lipinski definition) is 3. The quantitative estimate of drug-likeness (QED) is 0.659. The van der Waals surface area contributed by atoms with Crippen molar-refractivity contribution in [2.45, 2.75) is 26.2 Å². The Hall–Kier alpha value is -0.610. The summed E-state index contributed by atoms with van der Waals surface area (Å²) in [5.41, 5.74) is -0.642. The molecule has 82 valence electrons. The summed E-state index contributed by atoms with van der Waals surface area (Å²) in [4.78, 5) is 11.1. The molecule has 1 fully saturated rings.